The molecule has 4 fully saturated rings. The molecule has 18 rings (SSSR count). The monoisotopic (exact) mass is 1150 g/mol. The number of rotatable bonds is 5. The third-order valence-corrected chi connectivity index (χ3v) is 25.7. The molecule has 0 bridgehead atoms. The van der Waals surface area contributed by atoms with Crippen LogP contribution in [0.3, 0.4) is 0 Å². The molecule has 2 aromatic heterocycles. The normalized spacial score (nSPS) is 21.3. The van der Waals surface area contributed by atoms with Crippen LogP contribution in [0.1, 0.15) is 253 Å². The summed E-state index contributed by atoms with van der Waals surface area (Å²) in [6.07, 6.45) is 20.3. The topological polar surface area (TPSA) is 9.86 Å². The van der Waals surface area contributed by atoms with Gasteiger partial charge in [0.2, 0.25) is 0 Å². The molecule has 8 aliphatic rings. The van der Waals surface area contributed by atoms with Crippen LogP contribution in [0.4, 0.5) is 0 Å². The molecule has 5 heterocycles. The standard InChI is InChI=1S/C85H91BN2/c1-80(2,3)59-23-20-54(21-24-59)62-49-70-79-74-78(62)87-73-25-22-55(50-26-34-81(4,5)35-27-50)42-63(73)64-44-57(52-30-38-83(8,9)39-31-52)47-71(76(64)87)86(74)72-48-58(53-32-40-84(10,11)41-33-53)45-66-65-43-56(51-28-36-82(6,7)37-29-51)46-69(75(65)88(79)77(66)72)85(70)67-18-14-12-16-60(67)61-17-13-15-19-68(61)85/h12-25,42-53H,26-41H2,1-11H3. The van der Waals surface area contributed by atoms with Gasteiger partial charge in [-0.15, -0.1) is 0 Å². The molecule has 4 saturated carbocycles. The zero-order chi connectivity index (χ0) is 59.9. The second-order valence-corrected chi connectivity index (χ2v) is 34.4. The third-order valence-electron chi connectivity index (χ3n) is 25.7. The SMILES string of the molecule is CC1(C)CCC(c2ccc3c(c2)c2cc(C4CCC(C)(C)CC4)cc4c2n3-c2c(-c3ccc(C(C)(C)C)cc3)cc3c5c2B4c2cc(C4CCC(C)(C)CC4)cc4c6cc(C7CCC(C)(C)CC7)cc(c6n-5c24)C32c3ccccc3-c3ccccc32)CC1. The van der Waals surface area contributed by atoms with Crippen LogP contribution in [0.2, 0.25) is 0 Å². The van der Waals surface area contributed by atoms with E-state index in [1.54, 1.807) is 33.2 Å². The number of fused-ring (bicyclic) bond motifs is 14. The van der Waals surface area contributed by atoms with E-state index in [2.05, 4.69) is 219 Å². The van der Waals surface area contributed by atoms with Crippen molar-refractivity contribution in [3.05, 3.63) is 184 Å². The molecule has 0 atom stereocenters. The van der Waals surface area contributed by atoms with E-state index in [1.807, 2.05) is 0 Å². The van der Waals surface area contributed by atoms with Gasteiger partial charge in [0.05, 0.1) is 22.1 Å². The van der Waals surface area contributed by atoms with Crippen molar-refractivity contribution in [2.24, 2.45) is 21.7 Å². The molecule has 0 N–H and O–H groups in total. The molecular weight excluding hydrogens is 1060 g/mol. The molecule has 0 radical (unpaired) electrons. The highest BCUT2D eigenvalue weighted by atomic mass is 15.1. The molecule has 0 saturated heterocycles. The van der Waals surface area contributed by atoms with Gasteiger partial charge in [0, 0.05) is 43.8 Å². The van der Waals surface area contributed by atoms with E-state index < -0.39 is 5.41 Å². The lowest BCUT2D eigenvalue weighted by Crippen LogP contribution is -2.61. The Morgan fingerprint density at radius 3 is 1.31 bits per heavy atom. The van der Waals surface area contributed by atoms with Crippen molar-refractivity contribution in [3.8, 4) is 33.6 Å². The highest BCUT2D eigenvalue weighted by Gasteiger charge is 2.56. The molecule has 2 nitrogen and oxygen atoms in total. The Bertz CT molecular complexity index is 4570. The number of nitrogens with zero attached hydrogens (tertiary/aromatic N) is 2. The van der Waals surface area contributed by atoms with Gasteiger partial charge in [0.1, 0.15) is 0 Å². The van der Waals surface area contributed by atoms with Crippen LogP contribution in [-0.4, -0.2) is 15.8 Å². The molecule has 8 aromatic carbocycles. The van der Waals surface area contributed by atoms with Crippen molar-refractivity contribution in [3.63, 3.8) is 0 Å². The number of hydrogen-bond acceptors (Lipinski definition) is 0. The minimum atomic E-state index is -0.571. The van der Waals surface area contributed by atoms with Gasteiger partial charge in [-0.25, -0.2) is 0 Å². The second kappa shape index (κ2) is 18.3. The molecule has 0 amide bonds. The van der Waals surface area contributed by atoms with E-state index in [0.717, 1.165) is 0 Å². The van der Waals surface area contributed by atoms with Crippen LogP contribution in [0, 0.1) is 21.7 Å². The van der Waals surface area contributed by atoms with E-state index in [-0.39, 0.29) is 12.1 Å². The smallest absolute Gasteiger partial charge is 0.252 e. The van der Waals surface area contributed by atoms with E-state index in [1.165, 1.54) is 213 Å². The fraction of sp³-hybridized carbons (Fsp3) is 0.435. The first-order valence-corrected chi connectivity index (χ1v) is 35.0. The van der Waals surface area contributed by atoms with Crippen LogP contribution in [0.15, 0.2) is 133 Å². The van der Waals surface area contributed by atoms with Gasteiger partial charge in [-0.2, -0.15) is 0 Å². The summed E-state index contributed by atoms with van der Waals surface area (Å²) in [4.78, 5) is 0. The van der Waals surface area contributed by atoms with Crippen molar-refractivity contribution in [2.75, 3.05) is 0 Å². The Labute approximate surface area is 525 Å². The van der Waals surface area contributed by atoms with Gasteiger partial charge in [-0.3, -0.25) is 0 Å². The molecule has 3 heteroatoms. The van der Waals surface area contributed by atoms with Crippen molar-refractivity contribution in [1.29, 1.82) is 0 Å². The Morgan fingerprint density at radius 1 is 0.375 bits per heavy atom. The zero-order valence-electron chi connectivity index (χ0n) is 54.8. The van der Waals surface area contributed by atoms with Crippen LogP contribution in [-0.2, 0) is 10.8 Å². The molecule has 88 heavy (non-hydrogen) atoms. The maximum absolute atomic E-state index is 2.94. The Balaban J connectivity index is 1.03. The second-order valence-electron chi connectivity index (χ2n) is 34.4. The Morgan fingerprint density at radius 2 is 0.807 bits per heavy atom. The summed E-state index contributed by atoms with van der Waals surface area (Å²) in [6.45, 7) is 27.3. The van der Waals surface area contributed by atoms with E-state index in [4.69, 9.17) is 0 Å². The number of aromatic nitrogens is 2. The predicted molar refractivity (Wildman–Crippen MR) is 375 cm³/mol. The molecular formula is C85H91BN2. The maximum atomic E-state index is 2.94. The largest absolute Gasteiger partial charge is 0.310 e. The Hall–Kier alpha value is -6.58. The summed E-state index contributed by atoms with van der Waals surface area (Å²) < 4.78 is 5.81. The van der Waals surface area contributed by atoms with Crippen LogP contribution < -0.4 is 16.4 Å². The Kier molecular flexibility index (Phi) is 11.3. The summed E-state index contributed by atoms with van der Waals surface area (Å²) in [5.74, 6) is 2.16. The molecule has 10 aromatic rings. The summed E-state index contributed by atoms with van der Waals surface area (Å²) in [5, 5.41) is 5.92. The van der Waals surface area contributed by atoms with Gasteiger partial charge in [0.25, 0.3) is 6.71 Å². The molecule has 3 aliphatic heterocycles. The van der Waals surface area contributed by atoms with Crippen molar-refractivity contribution in [1.82, 2.24) is 9.13 Å². The minimum Gasteiger partial charge on any atom is -0.310 e. The number of hydrogen-bond donors (Lipinski definition) is 0. The van der Waals surface area contributed by atoms with Crippen molar-refractivity contribution in [2.45, 2.75) is 213 Å². The summed E-state index contributed by atoms with van der Waals surface area (Å²) in [5.41, 5.74) is 33.2. The van der Waals surface area contributed by atoms with Crippen LogP contribution >= 0.6 is 0 Å². The molecule has 444 valence electrons. The van der Waals surface area contributed by atoms with Gasteiger partial charge in [-0.1, -0.05) is 173 Å². The van der Waals surface area contributed by atoms with Gasteiger partial charge < -0.3 is 9.13 Å². The summed E-state index contributed by atoms with van der Waals surface area (Å²) in [6, 6.07) is 56.9. The first kappa shape index (κ1) is 54.4. The van der Waals surface area contributed by atoms with Gasteiger partial charge in [0.15, 0.2) is 0 Å². The highest BCUT2D eigenvalue weighted by Crippen LogP contribution is 2.64. The highest BCUT2D eigenvalue weighted by molar-refractivity contribution is 7.00. The molecule has 5 aliphatic carbocycles. The average Bonchev–Trinajstić information content (AvgIpc) is 1.39. The lowest BCUT2D eigenvalue weighted by molar-refractivity contribution is 0.224. The van der Waals surface area contributed by atoms with Crippen LogP contribution in [0.5, 0.6) is 0 Å². The quantitative estimate of drug-likeness (QED) is 0.152. The average molecular weight is 1150 g/mol. The van der Waals surface area contributed by atoms with E-state index in [9.17, 15) is 0 Å². The fourth-order valence-corrected chi connectivity index (χ4v) is 20.2. The maximum Gasteiger partial charge on any atom is 0.252 e. The molecule has 0 unspecified atom stereocenters. The predicted octanol–water partition coefficient (Wildman–Crippen LogP) is 21.4. The first-order valence-electron chi connectivity index (χ1n) is 35.0. The van der Waals surface area contributed by atoms with Crippen LogP contribution in [0.25, 0.3) is 77.2 Å². The molecule has 1 spiro atoms. The third kappa shape index (κ3) is 7.67. The van der Waals surface area contributed by atoms with E-state index >= 15 is 0 Å². The van der Waals surface area contributed by atoms with Gasteiger partial charge in [-0.05, 0) is 273 Å². The fourth-order valence-electron chi connectivity index (χ4n) is 20.2. The van der Waals surface area contributed by atoms with Crippen molar-refractivity contribution >= 4 is 66.7 Å². The zero-order valence-corrected chi connectivity index (χ0v) is 54.8. The first-order chi connectivity index (χ1) is 42.2. The summed E-state index contributed by atoms with van der Waals surface area (Å²) >= 11 is 0. The number of benzene rings is 8. The van der Waals surface area contributed by atoms with Gasteiger partial charge >= 0.3 is 0 Å². The van der Waals surface area contributed by atoms with Crippen molar-refractivity contribution < 1.29 is 0 Å². The summed E-state index contributed by atoms with van der Waals surface area (Å²) in [7, 11) is 0. The minimum absolute atomic E-state index is 0.0244. The van der Waals surface area contributed by atoms with E-state index in [0.29, 0.717) is 45.3 Å². The lowest BCUT2D eigenvalue weighted by atomic mass is 9.33. The lowest BCUT2D eigenvalue weighted by Gasteiger charge is -2.45.